The van der Waals surface area contributed by atoms with Crippen molar-refractivity contribution in [2.24, 2.45) is 0 Å². The first-order valence-electron chi connectivity index (χ1n) is 8.07. The number of anilines is 2. The highest BCUT2D eigenvalue weighted by Crippen LogP contribution is 2.28. The van der Waals surface area contributed by atoms with Gasteiger partial charge in [-0.1, -0.05) is 12.1 Å². The van der Waals surface area contributed by atoms with Gasteiger partial charge in [-0.15, -0.1) is 0 Å². The molecule has 1 aromatic carbocycles. The Morgan fingerprint density at radius 1 is 1.08 bits per heavy atom. The van der Waals surface area contributed by atoms with E-state index in [1.807, 2.05) is 24.3 Å². The summed E-state index contributed by atoms with van der Waals surface area (Å²) in [7, 11) is 0. The van der Waals surface area contributed by atoms with Crippen LogP contribution in [0, 0.1) is 0 Å². The van der Waals surface area contributed by atoms with Crippen LogP contribution in [0.5, 0.6) is 0 Å². The summed E-state index contributed by atoms with van der Waals surface area (Å²) in [4.78, 5) is 39.4. The van der Waals surface area contributed by atoms with E-state index in [4.69, 9.17) is 0 Å². The van der Waals surface area contributed by atoms with Gasteiger partial charge < -0.3 is 10.2 Å². The van der Waals surface area contributed by atoms with E-state index in [0.717, 1.165) is 37.3 Å². The van der Waals surface area contributed by atoms with Gasteiger partial charge in [-0.25, -0.2) is 4.79 Å². The maximum absolute atomic E-state index is 12.3. The Bertz CT molecular complexity index is 834. The average molecular weight is 328 g/mol. The van der Waals surface area contributed by atoms with Crippen molar-refractivity contribution in [2.45, 2.75) is 25.8 Å². The topological polar surface area (TPSA) is 87.2 Å². The van der Waals surface area contributed by atoms with Crippen molar-refractivity contribution in [1.82, 2.24) is 9.55 Å². The van der Waals surface area contributed by atoms with Crippen molar-refractivity contribution in [1.29, 1.82) is 0 Å². The molecule has 3 rings (SSSR count). The van der Waals surface area contributed by atoms with Crippen LogP contribution in [-0.2, 0) is 11.3 Å². The second-order valence-electron chi connectivity index (χ2n) is 5.85. The Labute approximate surface area is 138 Å². The van der Waals surface area contributed by atoms with E-state index in [-0.39, 0.29) is 12.5 Å². The molecular formula is C17H20N4O3. The smallest absolute Gasteiger partial charge is 0.328 e. The van der Waals surface area contributed by atoms with Gasteiger partial charge in [0.15, 0.2) is 0 Å². The summed E-state index contributed by atoms with van der Waals surface area (Å²) in [5, 5.41) is 2.87. The van der Waals surface area contributed by atoms with Gasteiger partial charge in [0.1, 0.15) is 6.54 Å². The van der Waals surface area contributed by atoms with E-state index in [1.165, 1.54) is 23.3 Å². The lowest BCUT2D eigenvalue weighted by molar-refractivity contribution is -0.116. The van der Waals surface area contributed by atoms with Gasteiger partial charge in [0.25, 0.3) is 5.56 Å². The zero-order chi connectivity index (χ0) is 16.9. The number of rotatable bonds is 4. The number of para-hydroxylation sites is 2. The number of piperidine rings is 1. The van der Waals surface area contributed by atoms with Gasteiger partial charge in [-0.2, -0.15) is 0 Å². The number of hydrogen-bond acceptors (Lipinski definition) is 4. The first-order chi connectivity index (χ1) is 11.6. The van der Waals surface area contributed by atoms with Crippen LogP contribution >= 0.6 is 0 Å². The summed E-state index contributed by atoms with van der Waals surface area (Å²) in [5.41, 5.74) is 0.662. The molecule has 1 saturated heterocycles. The van der Waals surface area contributed by atoms with Crippen LogP contribution in [0.15, 0.2) is 46.1 Å². The standard InChI is InChI=1S/C17H20N4O3/c22-15-8-11-21(17(24)19-15)12-16(23)18-13-6-2-3-7-14(13)20-9-4-1-5-10-20/h2-3,6-8,11H,1,4-5,9-10,12H2,(H,18,23)(H,19,22,24). The number of amides is 1. The van der Waals surface area contributed by atoms with E-state index in [9.17, 15) is 14.4 Å². The third kappa shape index (κ3) is 3.73. The van der Waals surface area contributed by atoms with Gasteiger partial charge in [-0.05, 0) is 31.4 Å². The molecule has 1 aromatic heterocycles. The Hall–Kier alpha value is -2.83. The molecule has 7 heteroatoms. The van der Waals surface area contributed by atoms with Gasteiger partial charge in [0.2, 0.25) is 5.91 Å². The second kappa shape index (κ2) is 7.16. The molecule has 0 saturated carbocycles. The van der Waals surface area contributed by atoms with E-state index in [1.54, 1.807) is 0 Å². The highest BCUT2D eigenvalue weighted by molar-refractivity contribution is 5.94. The number of nitrogens with zero attached hydrogens (tertiary/aromatic N) is 2. The predicted octanol–water partition coefficient (Wildman–Crippen LogP) is 1.17. The molecule has 0 unspecified atom stereocenters. The highest BCUT2D eigenvalue weighted by Gasteiger charge is 2.15. The van der Waals surface area contributed by atoms with Crippen LogP contribution in [0.1, 0.15) is 19.3 Å². The molecule has 0 spiro atoms. The lowest BCUT2D eigenvalue weighted by Crippen LogP contribution is -2.33. The molecule has 2 N–H and O–H groups in total. The average Bonchev–Trinajstić information content (AvgIpc) is 2.59. The van der Waals surface area contributed by atoms with E-state index in [0.29, 0.717) is 0 Å². The number of aromatic amines is 1. The van der Waals surface area contributed by atoms with Gasteiger partial charge in [0, 0.05) is 25.4 Å². The molecule has 0 aliphatic carbocycles. The van der Waals surface area contributed by atoms with Crippen LogP contribution in [0.4, 0.5) is 11.4 Å². The summed E-state index contributed by atoms with van der Waals surface area (Å²) in [6, 6.07) is 8.89. The van der Waals surface area contributed by atoms with Crippen LogP contribution < -0.4 is 21.5 Å². The number of benzene rings is 1. The van der Waals surface area contributed by atoms with Crippen LogP contribution in [0.3, 0.4) is 0 Å². The quantitative estimate of drug-likeness (QED) is 0.882. The molecule has 2 heterocycles. The highest BCUT2D eigenvalue weighted by atomic mass is 16.2. The van der Waals surface area contributed by atoms with Crippen molar-refractivity contribution in [3.63, 3.8) is 0 Å². The van der Waals surface area contributed by atoms with Crippen molar-refractivity contribution in [3.05, 3.63) is 57.4 Å². The third-order valence-electron chi connectivity index (χ3n) is 4.09. The Kier molecular flexibility index (Phi) is 4.79. The molecular weight excluding hydrogens is 308 g/mol. The first kappa shape index (κ1) is 16.0. The molecule has 24 heavy (non-hydrogen) atoms. The first-order valence-corrected chi connectivity index (χ1v) is 8.07. The van der Waals surface area contributed by atoms with Gasteiger partial charge >= 0.3 is 5.69 Å². The molecule has 1 aliphatic heterocycles. The van der Waals surface area contributed by atoms with E-state index >= 15 is 0 Å². The lowest BCUT2D eigenvalue weighted by atomic mass is 10.1. The summed E-state index contributed by atoms with van der Waals surface area (Å²) in [6.07, 6.45) is 4.85. The molecule has 1 amide bonds. The van der Waals surface area contributed by atoms with E-state index in [2.05, 4.69) is 15.2 Å². The normalized spacial score (nSPS) is 14.4. The minimum absolute atomic E-state index is 0.149. The molecule has 7 nitrogen and oxygen atoms in total. The van der Waals surface area contributed by atoms with Crippen molar-refractivity contribution >= 4 is 17.3 Å². The SMILES string of the molecule is O=C(Cn1ccc(=O)[nH]c1=O)Nc1ccccc1N1CCCCC1. The molecule has 1 aliphatic rings. The van der Waals surface area contributed by atoms with Crippen molar-refractivity contribution in [2.75, 3.05) is 23.3 Å². The molecule has 2 aromatic rings. The van der Waals surface area contributed by atoms with E-state index < -0.39 is 11.2 Å². The monoisotopic (exact) mass is 328 g/mol. The number of carbonyl (C=O) groups excluding carboxylic acids is 1. The molecule has 0 bridgehead atoms. The Morgan fingerprint density at radius 3 is 2.58 bits per heavy atom. The van der Waals surface area contributed by atoms with Gasteiger partial charge in [0.05, 0.1) is 11.4 Å². The third-order valence-corrected chi connectivity index (χ3v) is 4.09. The van der Waals surface area contributed by atoms with Crippen molar-refractivity contribution in [3.8, 4) is 0 Å². The number of nitrogens with one attached hydrogen (secondary N) is 2. The van der Waals surface area contributed by atoms with Gasteiger partial charge in [-0.3, -0.25) is 19.1 Å². The maximum atomic E-state index is 12.3. The molecule has 0 atom stereocenters. The summed E-state index contributed by atoms with van der Waals surface area (Å²) in [5.74, 6) is -0.311. The number of H-pyrrole nitrogens is 1. The Morgan fingerprint density at radius 2 is 1.83 bits per heavy atom. The summed E-state index contributed by atoms with van der Waals surface area (Å²) >= 11 is 0. The fourth-order valence-corrected chi connectivity index (χ4v) is 2.90. The second-order valence-corrected chi connectivity index (χ2v) is 5.85. The molecule has 1 fully saturated rings. The van der Waals surface area contributed by atoms with Crippen LogP contribution in [-0.4, -0.2) is 28.5 Å². The summed E-state index contributed by atoms with van der Waals surface area (Å²) in [6.45, 7) is 1.81. The minimum Gasteiger partial charge on any atom is -0.370 e. The van der Waals surface area contributed by atoms with Crippen LogP contribution in [0.2, 0.25) is 0 Å². The molecule has 126 valence electrons. The zero-order valence-corrected chi connectivity index (χ0v) is 13.3. The fourth-order valence-electron chi connectivity index (χ4n) is 2.90. The fraction of sp³-hybridized carbons (Fsp3) is 0.353. The van der Waals surface area contributed by atoms with Crippen LogP contribution in [0.25, 0.3) is 0 Å². The zero-order valence-electron chi connectivity index (χ0n) is 13.3. The predicted molar refractivity (Wildman–Crippen MR) is 92.5 cm³/mol. The number of aromatic nitrogens is 2. The number of carbonyl (C=O) groups is 1. The Balaban J connectivity index is 1.74. The number of hydrogen-bond donors (Lipinski definition) is 2. The largest absolute Gasteiger partial charge is 0.370 e. The summed E-state index contributed by atoms with van der Waals surface area (Å²) < 4.78 is 1.17. The van der Waals surface area contributed by atoms with Crippen molar-refractivity contribution < 1.29 is 4.79 Å². The minimum atomic E-state index is -0.595. The maximum Gasteiger partial charge on any atom is 0.328 e. The molecule has 0 radical (unpaired) electrons. The lowest BCUT2D eigenvalue weighted by Gasteiger charge is -2.30.